The van der Waals surface area contributed by atoms with Crippen LogP contribution in [0, 0.1) is 0 Å². The molecular formula is C18H15NO2. The quantitative estimate of drug-likeness (QED) is 0.500. The molecule has 0 radical (unpaired) electrons. The molecular weight excluding hydrogens is 262 g/mol. The van der Waals surface area contributed by atoms with Crippen molar-refractivity contribution in [2.75, 3.05) is 0 Å². The van der Waals surface area contributed by atoms with Gasteiger partial charge >= 0.3 is 0 Å². The van der Waals surface area contributed by atoms with E-state index in [1.807, 2.05) is 50.2 Å². The molecule has 0 saturated carbocycles. The van der Waals surface area contributed by atoms with E-state index in [2.05, 4.69) is 5.32 Å². The first kappa shape index (κ1) is 13.3. The Morgan fingerprint density at radius 3 is 1.52 bits per heavy atom. The van der Waals surface area contributed by atoms with Gasteiger partial charge in [0.25, 0.3) is 11.8 Å². The summed E-state index contributed by atoms with van der Waals surface area (Å²) in [6.07, 6.45) is 0. The second-order valence-corrected chi connectivity index (χ2v) is 4.73. The van der Waals surface area contributed by atoms with E-state index in [1.165, 1.54) is 0 Å². The third-order valence-corrected chi connectivity index (χ3v) is 3.56. The number of rotatable bonds is 0. The molecule has 4 rings (SSSR count). The molecule has 0 spiro atoms. The van der Waals surface area contributed by atoms with Gasteiger partial charge in [0, 0.05) is 0 Å². The number of carbonyl (C=O) groups is 2. The number of imide groups is 1. The Balaban J connectivity index is 0.000000636. The maximum atomic E-state index is 11.7. The maximum absolute atomic E-state index is 11.7. The van der Waals surface area contributed by atoms with Gasteiger partial charge in [-0.1, -0.05) is 38.1 Å². The smallest absolute Gasteiger partial charge is 0.258 e. The summed E-state index contributed by atoms with van der Waals surface area (Å²) in [6.45, 7) is 4.00. The number of hydrogen-bond acceptors (Lipinski definition) is 2. The topological polar surface area (TPSA) is 46.2 Å². The average molecular weight is 277 g/mol. The predicted molar refractivity (Wildman–Crippen MR) is 84.6 cm³/mol. The van der Waals surface area contributed by atoms with Crippen molar-refractivity contribution in [3.63, 3.8) is 0 Å². The van der Waals surface area contributed by atoms with Gasteiger partial charge < -0.3 is 0 Å². The van der Waals surface area contributed by atoms with Gasteiger partial charge in [-0.2, -0.15) is 0 Å². The molecule has 0 fully saturated rings. The third-order valence-electron chi connectivity index (χ3n) is 3.56. The standard InChI is InChI=1S/C16H9NO2.C2H6/c18-15-13-7-11-5-9-3-1-2-4-10(9)6-12(11)8-14(13)16(19)17-15;1-2/h1-8H,(H,17,18,19);1-2H3. The molecule has 0 bridgehead atoms. The van der Waals surface area contributed by atoms with E-state index in [4.69, 9.17) is 0 Å². The second kappa shape index (κ2) is 5.02. The van der Waals surface area contributed by atoms with E-state index in [1.54, 1.807) is 12.1 Å². The van der Waals surface area contributed by atoms with Gasteiger partial charge in [-0.05, 0) is 45.8 Å². The summed E-state index contributed by atoms with van der Waals surface area (Å²) in [6, 6.07) is 15.7. The average Bonchev–Trinajstić information content (AvgIpc) is 2.79. The van der Waals surface area contributed by atoms with Crippen LogP contribution in [-0.2, 0) is 0 Å². The van der Waals surface area contributed by atoms with Gasteiger partial charge in [-0.3, -0.25) is 14.9 Å². The summed E-state index contributed by atoms with van der Waals surface area (Å²) in [7, 11) is 0. The van der Waals surface area contributed by atoms with Crippen LogP contribution in [0.2, 0.25) is 0 Å². The van der Waals surface area contributed by atoms with Gasteiger partial charge in [0.05, 0.1) is 11.1 Å². The van der Waals surface area contributed by atoms with Gasteiger partial charge in [0.1, 0.15) is 0 Å². The van der Waals surface area contributed by atoms with Crippen molar-refractivity contribution in [2.24, 2.45) is 0 Å². The summed E-state index contributed by atoms with van der Waals surface area (Å²) in [5.41, 5.74) is 0.931. The van der Waals surface area contributed by atoms with Crippen molar-refractivity contribution in [2.45, 2.75) is 13.8 Å². The number of nitrogens with one attached hydrogen (secondary N) is 1. The molecule has 1 N–H and O–H groups in total. The highest BCUT2D eigenvalue weighted by Gasteiger charge is 2.26. The van der Waals surface area contributed by atoms with Crippen molar-refractivity contribution >= 4 is 33.4 Å². The fourth-order valence-corrected chi connectivity index (χ4v) is 2.61. The minimum Gasteiger partial charge on any atom is -0.288 e. The molecule has 104 valence electrons. The van der Waals surface area contributed by atoms with Crippen LogP contribution in [0.4, 0.5) is 0 Å². The van der Waals surface area contributed by atoms with E-state index in [0.717, 1.165) is 21.5 Å². The molecule has 3 aromatic carbocycles. The normalized spacial score (nSPS) is 12.9. The van der Waals surface area contributed by atoms with Crippen molar-refractivity contribution in [1.29, 1.82) is 0 Å². The first-order valence-corrected chi connectivity index (χ1v) is 7.04. The van der Waals surface area contributed by atoms with Crippen LogP contribution in [0.15, 0.2) is 48.5 Å². The van der Waals surface area contributed by atoms with Gasteiger partial charge in [0.2, 0.25) is 0 Å². The molecule has 3 nitrogen and oxygen atoms in total. The van der Waals surface area contributed by atoms with E-state index in [0.29, 0.717) is 11.1 Å². The Morgan fingerprint density at radius 2 is 1.10 bits per heavy atom. The zero-order valence-corrected chi connectivity index (χ0v) is 11.9. The highest BCUT2D eigenvalue weighted by atomic mass is 16.2. The predicted octanol–water partition coefficient (Wildman–Crippen LogP) is 3.90. The Labute approximate surface area is 122 Å². The number of amides is 2. The summed E-state index contributed by atoms with van der Waals surface area (Å²) >= 11 is 0. The minimum atomic E-state index is -0.310. The molecule has 0 atom stereocenters. The lowest BCUT2D eigenvalue weighted by molar-refractivity contribution is 0.0879. The third kappa shape index (κ3) is 2.07. The first-order valence-electron chi connectivity index (χ1n) is 7.04. The highest BCUT2D eigenvalue weighted by molar-refractivity contribution is 6.23. The van der Waals surface area contributed by atoms with Crippen LogP contribution in [-0.4, -0.2) is 11.8 Å². The van der Waals surface area contributed by atoms with Crippen LogP contribution in [0.1, 0.15) is 34.6 Å². The summed E-state index contributed by atoms with van der Waals surface area (Å²) < 4.78 is 0. The summed E-state index contributed by atoms with van der Waals surface area (Å²) in [4.78, 5) is 23.3. The first-order chi connectivity index (χ1) is 10.2. The lowest BCUT2D eigenvalue weighted by Gasteiger charge is -2.04. The van der Waals surface area contributed by atoms with Crippen LogP contribution in [0.5, 0.6) is 0 Å². The Hall–Kier alpha value is -2.68. The fourth-order valence-electron chi connectivity index (χ4n) is 2.61. The van der Waals surface area contributed by atoms with E-state index in [9.17, 15) is 9.59 Å². The molecule has 1 aliphatic rings. The molecule has 0 aromatic heterocycles. The molecule has 1 heterocycles. The van der Waals surface area contributed by atoms with Crippen LogP contribution in [0.25, 0.3) is 21.5 Å². The van der Waals surface area contributed by atoms with Crippen molar-refractivity contribution in [3.05, 3.63) is 59.7 Å². The van der Waals surface area contributed by atoms with Gasteiger partial charge in [-0.15, -0.1) is 0 Å². The van der Waals surface area contributed by atoms with Crippen LogP contribution in [0.3, 0.4) is 0 Å². The highest BCUT2D eigenvalue weighted by Crippen LogP contribution is 2.27. The number of fused-ring (bicyclic) bond motifs is 3. The molecule has 0 aliphatic carbocycles. The number of benzene rings is 3. The Kier molecular flexibility index (Phi) is 3.18. The van der Waals surface area contributed by atoms with Gasteiger partial charge in [0.15, 0.2) is 0 Å². The zero-order valence-electron chi connectivity index (χ0n) is 11.9. The lowest BCUT2D eigenvalue weighted by Crippen LogP contribution is -2.19. The largest absolute Gasteiger partial charge is 0.288 e. The van der Waals surface area contributed by atoms with Crippen molar-refractivity contribution < 1.29 is 9.59 Å². The van der Waals surface area contributed by atoms with E-state index >= 15 is 0 Å². The molecule has 0 saturated heterocycles. The molecule has 3 heteroatoms. The number of carbonyl (C=O) groups excluding carboxylic acids is 2. The maximum Gasteiger partial charge on any atom is 0.258 e. The molecule has 3 aromatic rings. The Bertz CT molecular complexity index is 809. The van der Waals surface area contributed by atoms with Crippen molar-refractivity contribution in [3.8, 4) is 0 Å². The summed E-state index contributed by atoms with van der Waals surface area (Å²) in [5.74, 6) is -0.620. The van der Waals surface area contributed by atoms with E-state index < -0.39 is 0 Å². The zero-order chi connectivity index (χ0) is 15.0. The van der Waals surface area contributed by atoms with E-state index in [-0.39, 0.29) is 11.8 Å². The SMILES string of the molecule is CC.O=C1NC(=O)c2cc3cc4ccccc4cc3cc21. The monoisotopic (exact) mass is 277 g/mol. The summed E-state index contributed by atoms with van der Waals surface area (Å²) in [5, 5.41) is 6.52. The number of hydrogen-bond donors (Lipinski definition) is 1. The molecule has 21 heavy (non-hydrogen) atoms. The second-order valence-electron chi connectivity index (χ2n) is 4.73. The van der Waals surface area contributed by atoms with Crippen LogP contribution < -0.4 is 5.32 Å². The molecule has 1 aliphatic heterocycles. The fraction of sp³-hybridized carbons (Fsp3) is 0.111. The van der Waals surface area contributed by atoms with Crippen molar-refractivity contribution in [1.82, 2.24) is 5.32 Å². The minimum absolute atomic E-state index is 0.310. The van der Waals surface area contributed by atoms with Gasteiger partial charge in [-0.25, -0.2) is 0 Å². The molecule has 0 unspecified atom stereocenters. The Morgan fingerprint density at radius 1 is 0.667 bits per heavy atom. The molecule has 2 amide bonds. The van der Waals surface area contributed by atoms with Crippen LogP contribution >= 0.6 is 0 Å². The lowest BCUT2D eigenvalue weighted by atomic mass is 9.99.